The fourth-order valence-corrected chi connectivity index (χ4v) is 4.49. The standard InChI is InChI=1S/C24H31N3O6S/c1-3-32-23(29)13-12-21(28)25-16-8-4-5-9-17(16)27-24(30)18-15-34-22(26-18)14-33-20-11-7-6-10-19(20)31-2/h6-7,10-11,15-17H,3-5,8-9,12-14H2,1-2H3,(H,25,28)(H,27,30)/t16-,17-/m1/s1. The van der Waals surface area contributed by atoms with Crippen LogP contribution in [0.15, 0.2) is 29.6 Å². The highest BCUT2D eigenvalue weighted by atomic mass is 32.1. The van der Waals surface area contributed by atoms with Gasteiger partial charge in [-0.15, -0.1) is 11.3 Å². The number of nitrogens with zero attached hydrogens (tertiary/aromatic N) is 1. The molecule has 1 aliphatic carbocycles. The number of rotatable bonds is 11. The Kier molecular flexibility index (Phi) is 9.69. The number of benzene rings is 1. The second-order valence-corrected chi connectivity index (χ2v) is 8.85. The van der Waals surface area contributed by atoms with Gasteiger partial charge in [0.15, 0.2) is 11.5 Å². The van der Waals surface area contributed by atoms with Crippen molar-refractivity contribution in [2.24, 2.45) is 0 Å². The van der Waals surface area contributed by atoms with Crippen molar-refractivity contribution in [2.45, 2.75) is 64.1 Å². The Hall–Kier alpha value is -3.14. The fraction of sp³-hybridized carbons (Fsp3) is 0.500. The minimum absolute atomic E-state index is 0.0436. The molecule has 0 saturated heterocycles. The van der Waals surface area contributed by atoms with Crippen LogP contribution in [-0.2, 0) is 20.9 Å². The summed E-state index contributed by atoms with van der Waals surface area (Å²) in [5, 5.41) is 8.36. The molecule has 1 saturated carbocycles. The number of aromatic nitrogens is 1. The lowest BCUT2D eigenvalue weighted by Crippen LogP contribution is -2.53. The molecule has 184 valence electrons. The Labute approximate surface area is 203 Å². The van der Waals surface area contributed by atoms with Gasteiger partial charge in [0, 0.05) is 23.9 Å². The number of amides is 2. The van der Waals surface area contributed by atoms with E-state index >= 15 is 0 Å². The van der Waals surface area contributed by atoms with Crippen LogP contribution in [0, 0.1) is 0 Å². The first kappa shape index (κ1) is 25.5. The molecule has 1 aliphatic rings. The molecule has 0 bridgehead atoms. The van der Waals surface area contributed by atoms with E-state index in [0.29, 0.717) is 28.8 Å². The Morgan fingerprint density at radius 1 is 1.06 bits per heavy atom. The first-order valence-corrected chi connectivity index (χ1v) is 12.3. The van der Waals surface area contributed by atoms with E-state index in [1.54, 1.807) is 19.4 Å². The quantitative estimate of drug-likeness (QED) is 0.466. The molecule has 10 heteroatoms. The molecule has 2 amide bonds. The highest BCUT2D eigenvalue weighted by molar-refractivity contribution is 7.09. The largest absolute Gasteiger partial charge is 0.493 e. The van der Waals surface area contributed by atoms with Gasteiger partial charge >= 0.3 is 5.97 Å². The fourth-order valence-electron chi connectivity index (χ4n) is 3.81. The molecule has 1 fully saturated rings. The van der Waals surface area contributed by atoms with Crippen LogP contribution in [0.5, 0.6) is 11.5 Å². The van der Waals surface area contributed by atoms with E-state index < -0.39 is 0 Å². The molecule has 0 spiro atoms. The van der Waals surface area contributed by atoms with E-state index in [1.165, 1.54) is 11.3 Å². The molecule has 3 rings (SSSR count). The van der Waals surface area contributed by atoms with Crippen molar-refractivity contribution in [3.63, 3.8) is 0 Å². The molecule has 2 atom stereocenters. The molecule has 1 heterocycles. The maximum Gasteiger partial charge on any atom is 0.306 e. The maximum atomic E-state index is 12.8. The molecule has 0 radical (unpaired) electrons. The van der Waals surface area contributed by atoms with Crippen LogP contribution in [-0.4, -0.2) is 48.6 Å². The first-order valence-electron chi connectivity index (χ1n) is 11.5. The Morgan fingerprint density at radius 3 is 2.47 bits per heavy atom. The van der Waals surface area contributed by atoms with Crippen LogP contribution < -0.4 is 20.1 Å². The Balaban J connectivity index is 1.51. The average Bonchev–Trinajstić information content (AvgIpc) is 3.32. The monoisotopic (exact) mass is 489 g/mol. The van der Waals surface area contributed by atoms with E-state index in [1.807, 2.05) is 24.3 Å². The van der Waals surface area contributed by atoms with Crippen LogP contribution in [0.25, 0.3) is 0 Å². The first-order chi connectivity index (χ1) is 16.5. The SMILES string of the molecule is CCOC(=O)CCC(=O)N[C@@H]1CCCC[C@H]1NC(=O)c1csc(COc2ccccc2OC)n1. The van der Waals surface area contributed by atoms with Gasteiger partial charge in [0.05, 0.1) is 20.1 Å². The van der Waals surface area contributed by atoms with E-state index in [9.17, 15) is 14.4 Å². The zero-order chi connectivity index (χ0) is 24.3. The van der Waals surface area contributed by atoms with Crippen LogP contribution in [0.3, 0.4) is 0 Å². The minimum Gasteiger partial charge on any atom is -0.493 e. The van der Waals surface area contributed by atoms with E-state index in [0.717, 1.165) is 25.7 Å². The summed E-state index contributed by atoms with van der Waals surface area (Å²) in [6.07, 6.45) is 3.58. The number of para-hydroxylation sites is 2. The predicted octanol–water partition coefficient (Wildman–Crippen LogP) is 3.23. The number of esters is 1. The highest BCUT2D eigenvalue weighted by Gasteiger charge is 2.28. The Bertz CT molecular complexity index is 979. The molecule has 1 aromatic carbocycles. The van der Waals surface area contributed by atoms with Crippen molar-refractivity contribution in [3.8, 4) is 11.5 Å². The number of hydrogen-bond acceptors (Lipinski definition) is 8. The molecule has 9 nitrogen and oxygen atoms in total. The zero-order valence-electron chi connectivity index (χ0n) is 19.5. The number of carbonyl (C=O) groups excluding carboxylic acids is 3. The van der Waals surface area contributed by atoms with Gasteiger partial charge in [0.1, 0.15) is 17.3 Å². The summed E-state index contributed by atoms with van der Waals surface area (Å²) in [5.41, 5.74) is 0.321. The van der Waals surface area contributed by atoms with Crippen molar-refractivity contribution in [1.29, 1.82) is 0 Å². The number of thiazole rings is 1. The maximum absolute atomic E-state index is 12.8. The van der Waals surface area contributed by atoms with Gasteiger partial charge in [-0.2, -0.15) is 0 Å². The minimum atomic E-state index is -0.389. The second-order valence-electron chi connectivity index (χ2n) is 7.91. The molecular weight excluding hydrogens is 458 g/mol. The Morgan fingerprint density at radius 2 is 1.76 bits per heavy atom. The predicted molar refractivity (Wildman–Crippen MR) is 127 cm³/mol. The van der Waals surface area contributed by atoms with Crippen molar-refractivity contribution in [2.75, 3.05) is 13.7 Å². The number of carbonyl (C=O) groups is 3. The summed E-state index contributed by atoms with van der Waals surface area (Å²) >= 11 is 1.35. The number of nitrogens with one attached hydrogen (secondary N) is 2. The summed E-state index contributed by atoms with van der Waals surface area (Å²) in [4.78, 5) is 41.0. The molecule has 0 aliphatic heterocycles. The molecule has 1 aromatic heterocycles. The average molecular weight is 490 g/mol. The van der Waals surface area contributed by atoms with Crippen LogP contribution >= 0.6 is 11.3 Å². The third-order valence-electron chi connectivity index (χ3n) is 5.49. The van der Waals surface area contributed by atoms with Gasteiger partial charge < -0.3 is 24.8 Å². The summed E-state index contributed by atoms with van der Waals surface area (Å²) in [6, 6.07) is 6.96. The molecule has 34 heavy (non-hydrogen) atoms. The molecule has 0 unspecified atom stereocenters. The lowest BCUT2D eigenvalue weighted by atomic mass is 9.90. The van der Waals surface area contributed by atoms with Crippen LogP contribution in [0.4, 0.5) is 0 Å². The molecule has 2 aromatic rings. The summed E-state index contributed by atoms with van der Waals surface area (Å²) < 4.78 is 15.9. The third-order valence-corrected chi connectivity index (χ3v) is 6.32. The van der Waals surface area contributed by atoms with Crippen LogP contribution in [0.1, 0.15) is 60.9 Å². The molecule has 2 N–H and O–H groups in total. The van der Waals surface area contributed by atoms with Gasteiger partial charge in [-0.25, -0.2) is 4.98 Å². The van der Waals surface area contributed by atoms with Crippen LogP contribution in [0.2, 0.25) is 0 Å². The number of methoxy groups -OCH3 is 1. The second kappa shape index (κ2) is 12.9. The number of ether oxygens (including phenoxy) is 3. The van der Waals surface area contributed by atoms with Gasteiger partial charge in [-0.1, -0.05) is 25.0 Å². The third kappa shape index (κ3) is 7.44. The van der Waals surface area contributed by atoms with Gasteiger partial charge in [-0.3, -0.25) is 14.4 Å². The summed E-state index contributed by atoms with van der Waals surface area (Å²) in [7, 11) is 1.58. The number of hydrogen-bond donors (Lipinski definition) is 2. The normalized spacial score (nSPS) is 17.5. The lowest BCUT2D eigenvalue weighted by Gasteiger charge is -2.32. The van der Waals surface area contributed by atoms with E-state index in [2.05, 4.69) is 15.6 Å². The van der Waals surface area contributed by atoms with Gasteiger partial charge in [0.25, 0.3) is 5.91 Å². The topological polar surface area (TPSA) is 116 Å². The zero-order valence-corrected chi connectivity index (χ0v) is 20.3. The molecular formula is C24H31N3O6S. The van der Waals surface area contributed by atoms with Gasteiger partial charge in [0.2, 0.25) is 5.91 Å². The van der Waals surface area contributed by atoms with Crippen molar-refractivity contribution >= 4 is 29.1 Å². The van der Waals surface area contributed by atoms with E-state index in [-0.39, 0.29) is 49.3 Å². The smallest absolute Gasteiger partial charge is 0.306 e. The lowest BCUT2D eigenvalue weighted by molar-refractivity contribution is -0.144. The van der Waals surface area contributed by atoms with Crippen molar-refractivity contribution < 1.29 is 28.6 Å². The highest BCUT2D eigenvalue weighted by Crippen LogP contribution is 2.27. The summed E-state index contributed by atoms with van der Waals surface area (Å²) in [5.74, 6) is 0.348. The van der Waals surface area contributed by atoms with E-state index in [4.69, 9.17) is 14.2 Å². The van der Waals surface area contributed by atoms with Crippen molar-refractivity contribution in [3.05, 3.63) is 40.3 Å². The van der Waals surface area contributed by atoms with Crippen molar-refractivity contribution in [1.82, 2.24) is 15.6 Å². The summed E-state index contributed by atoms with van der Waals surface area (Å²) in [6.45, 7) is 2.25. The van der Waals surface area contributed by atoms with Gasteiger partial charge in [-0.05, 0) is 31.9 Å².